The zero-order valence-corrected chi connectivity index (χ0v) is 9.60. The van der Waals surface area contributed by atoms with Gasteiger partial charge in [0.2, 0.25) is 0 Å². The second-order valence-electron chi connectivity index (χ2n) is 3.86. The smallest absolute Gasteiger partial charge is 0.319 e. The van der Waals surface area contributed by atoms with Crippen LogP contribution in [0.25, 0.3) is 0 Å². The average Bonchev–Trinajstić information content (AvgIpc) is 2.61. The first-order chi connectivity index (χ1) is 7.61. The number of nitrogens with one attached hydrogen (secondary N) is 2. The van der Waals surface area contributed by atoms with E-state index >= 15 is 0 Å². The number of anilines is 1. The predicted octanol–water partition coefficient (Wildman–Crippen LogP) is 0.560. The number of rotatable bonds is 5. The summed E-state index contributed by atoms with van der Waals surface area (Å²) < 4.78 is 1.62. The molecule has 0 fully saturated rings. The van der Waals surface area contributed by atoms with Gasteiger partial charge in [-0.15, -0.1) is 0 Å². The predicted molar refractivity (Wildman–Crippen MR) is 61.1 cm³/mol. The molecule has 1 heterocycles. The van der Waals surface area contributed by atoms with Crippen LogP contribution < -0.4 is 10.6 Å². The van der Waals surface area contributed by atoms with Gasteiger partial charge in [0.1, 0.15) is 0 Å². The van der Waals surface area contributed by atoms with Gasteiger partial charge in [-0.2, -0.15) is 5.10 Å². The minimum Gasteiger partial charge on any atom is -0.396 e. The van der Waals surface area contributed by atoms with Gasteiger partial charge in [-0.1, -0.05) is 6.92 Å². The lowest BCUT2D eigenvalue weighted by Gasteiger charge is -2.11. The molecule has 1 aromatic heterocycles. The molecule has 0 saturated carbocycles. The van der Waals surface area contributed by atoms with Crippen LogP contribution >= 0.6 is 0 Å². The summed E-state index contributed by atoms with van der Waals surface area (Å²) in [6.45, 7) is 2.67. The Hall–Kier alpha value is -1.56. The maximum atomic E-state index is 11.4. The Labute approximate surface area is 94.6 Å². The average molecular weight is 226 g/mol. The summed E-state index contributed by atoms with van der Waals surface area (Å²) in [7, 11) is 1.78. The molecule has 0 aromatic carbocycles. The van der Waals surface area contributed by atoms with Crippen molar-refractivity contribution in [2.45, 2.75) is 13.3 Å². The Morgan fingerprint density at radius 2 is 2.44 bits per heavy atom. The fraction of sp³-hybridized carbons (Fsp3) is 0.600. The lowest BCUT2D eigenvalue weighted by Crippen LogP contribution is -2.32. The third kappa shape index (κ3) is 4.31. The summed E-state index contributed by atoms with van der Waals surface area (Å²) in [5.74, 6) is 0.268. The quantitative estimate of drug-likeness (QED) is 0.686. The Morgan fingerprint density at radius 1 is 1.69 bits per heavy atom. The van der Waals surface area contributed by atoms with Gasteiger partial charge in [0.25, 0.3) is 0 Å². The number of aromatic nitrogens is 2. The molecule has 0 aliphatic heterocycles. The molecule has 6 nitrogen and oxygen atoms in total. The van der Waals surface area contributed by atoms with Gasteiger partial charge in [-0.3, -0.25) is 4.68 Å². The first-order valence-electron chi connectivity index (χ1n) is 5.26. The van der Waals surface area contributed by atoms with Crippen molar-refractivity contribution < 1.29 is 9.90 Å². The molecular formula is C10H18N4O2. The zero-order chi connectivity index (χ0) is 12.0. The molecule has 6 heteroatoms. The highest BCUT2D eigenvalue weighted by Crippen LogP contribution is 2.03. The highest BCUT2D eigenvalue weighted by Gasteiger charge is 2.05. The topological polar surface area (TPSA) is 79.2 Å². The molecule has 1 atom stereocenters. The van der Waals surface area contributed by atoms with Gasteiger partial charge in [-0.05, 0) is 12.3 Å². The van der Waals surface area contributed by atoms with Gasteiger partial charge < -0.3 is 15.7 Å². The van der Waals surface area contributed by atoms with Gasteiger partial charge in [0.05, 0.1) is 11.9 Å². The molecule has 1 unspecified atom stereocenters. The highest BCUT2D eigenvalue weighted by molar-refractivity contribution is 5.88. The Kier molecular flexibility index (Phi) is 4.78. The third-order valence-corrected chi connectivity index (χ3v) is 2.20. The van der Waals surface area contributed by atoms with Crippen molar-refractivity contribution in [3.63, 3.8) is 0 Å². The van der Waals surface area contributed by atoms with E-state index in [2.05, 4.69) is 15.7 Å². The molecule has 0 aliphatic carbocycles. The summed E-state index contributed by atoms with van der Waals surface area (Å²) >= 11 is 0. The van der Waals surface area contributed by atoms with Crippen LogP contribution in [0.2, 0.25) is 0 Å². The third-order valence-electron chi connectivity index (χ3n) is 2.20. The molecule has 1 rings (SSSR count). The van der Waals surface area contributed by atoms with E-state index in [-0.39, 0.29) is 18.6 Å². The standard InChI is InChI=1S/C10H18N4O2/c1-8(3-4-15)5-11-10(16)13-9-6-12-14(2)7-9/h6-8,15H,3-5H2,1-2H3,(H2,11,13,16). The first kappa shape index (κ1) is 12.5. The first-order valence-corrected chi connectivity index (χ1v) is 5.26. The fourth-order valence-electron chi connectivity index (χ4n) is 1.25. The van der Waals surface area contributed by atoms with Gasteiger partial charge >= 0.3 is 6.03 Å². The normalized spacial score (nSPS) is 12.2. The number of nitrogens with zero attached hydrogens (tertiary/aromatic N) is 2. The molecule has 0 saturated heterocycles. The summed E-state index contributed by atoms with van der Waals surface area (Å²) in [6, 6.07) is -0.252. The van der Waals surface area contributed by atoms with Crippen LogP contribution in [0, 0.1) is 5.92 Å². The van der Waals surface area contributed by atoms with Crippen LogP contribution in [0.1, 0.15) is 13.3 Å². The maximum absolute atomic E-state index is 11.4. The summed E-state index contributed by atoms with van der Waals surface area (Å²) in [5.41, 5.74) is 0.662. The minimum absolute atomic E-state index is 0.146. The molecule has 0 spiro atoms. The number of hydrogen-bond acceptors (Lipinski definition) is 3. The molecule has 90 valence electrons. The van der Waals surface area contributed by atoms with Crippen LogP contribution in [0.15, 0.2) is 12.4 Å². The molecule has 0 aliphatic rings. The number of carbonyl (C=O) groups is 1. The molecule has 0 bridgehead atoms. The molecule has 1 aromatic rings. The van der Waals surface area contributed by atoms with E-state index in [0.717, 1.165) is 0 Å². The lowest BCUT2D eigenvalue weighted by molar-refractivity contribution is 0.243. The van der Waals surface area contributed by atoms with Crippen LogP contribution in [0.3, 0.4) is 0 Å². The van der Waals surface area contributed by atoms with E-state index in [4.69, 9.17) is 5.11 Å². The lowest BCUT2D eigenvalue weighted by atomic mass is 10.1. The zero-order valence-electron chi connectivity index (χ0n) is 9.60. The van der Waals surface area contributed by atoms with Crippen molar-refractivity contribution in [3.8, 4) is 0 Å². The Bertz CT molecular complexity index is 337. The van der Waals surface area contributed by atoms with Crippen molar-refractivity contribution >= 4 is 11.7 Å². The molecule has 2 amide bonds. The van der Waals surface area contributed by atoms with E-state index in [9.17, 15) is 4.79 Å². The Morgan fingerprint density at radius 3 is 3.00 bits per heavy atom. The van der Waals surface area contributed by atoms with Crippen molar-refractivity contribution in [2.75, 3.05) is 18.5 Å². The van der Waals surface area contributed by atoms with Crippen LogP contribution in [0.4, 0.5) is 10.5 Å². The molecular weight excluding hydrogens is 208 g/mol. The second-order valence-corrected chi connectivity index (χ2v) is 3.86. The minimum atomic E-state index is -0.252. The monoisotopic (exact) mass is 226 g/mol. The van der Waals surface area contributed by atoms with Crippen molar-refractivity contribution in [1.82, 2.24) is 15.1 Å². The maximum Gasteiger partial charge on any atom is 0.319 e. The molecule has 16 heavy (non-hydrogen) atoms. The van der Waals surface area contributed by atoms with E-state index in [0.29, 0.717) is 18.7 Å². The van der Waals surface area contributed by atoms with E-state index < -0.39 is 0 Å². The Balaban J connectivity index is 2.26. The van der Waals surface area contributed by atoms with Crippen molar-refractivity contribution in [2.24, 2.45) is 13.0 Å². The van der Waals surface area contributed by atoms with Crippen molar-refractivity contribution in [1.29, 1.82) is 0 Å². The molecule has 3 N–H and O–H groups in total. The van der Waals surface area contributed by atoms with Crippen LogP contribution in [-0.2, 0) is 7.05 Å². The summed E-state index contributed by atoms with van der Waals surface area (Å²) in [6.07, 6.45) is 3.99. The number of carbonyl (C=O) groups excluding carboxylic acids is 1. The van der Waals surface area contributed by atoms with Gasteiger partial charge in [0, 0.05) is 26.4 Å². The molecule has 0 radical (unpaired) electrons. The van der Waals surface area contributed by atoms with Gasteiger partial charge in [-0.25, -0.2) is 4.79 Å². The summed E-state index contributed by atoms with van der Waals surface area (Å²) in [5, 5.41) is 18.0. The number of aliphatic hydroxyl groups excluding tert-OH is 1. The SMILES string of the molecule is CC(CCO)CNC(=O)Nc1cnn(C)c1. The largest absolute Gasteiger partial charge is 0.396 e. The van der Waals surface area contributed by atoms with E-state index in [1.807, 2.05) is 6.92 Å². The number of urea groups is 1. The number of hydrogen-bond donors (Lipinski definition) is 3. The van der Waals surface area contributed by atoms with E-state index in [1.54, 1.807) is 24.1 Å². The number of aryl methyl sites for hydroxylation is 1. The second kappa shape index (κ2) is 6.12. The van der Waals surface area contributed by atoms with Gasteiger partial charge in [0.15, 0.2) is 0 Å². The van der Waals surface area contributed by atoms with Crippen LogP contribution in [0.5, 0.6) is 0 Å². The summed E-state index contributed by atoms with van der Waals surface area (Å²) in [4.78, 5) is 11.4. The number of aliphatic hydroxyl groups is 1. The van der Waals surface area contributed by atoms with E-state index in [1.165, 1.54) is 0 Å². The van der Waals surface area contributed by atoms with Crippen LogP contribution in [-0.4, -0.2) is 34.1 Å². The number of amides is 2. The fourth-order valence-corrected chi connectivity index (χ4v) is 1.25. The van der Waals surface area contributed by atoms with Crippen molar-refractivity contribution in [3.05, 3.63) is 12.4 Å². The highest BCUT2D eigenvalue weighted by atomic mass is 16.3.